The van der Waals surface area contributed by atoms with Crippen molar-refractivity contribution in [3.63, 3.8) is 0 Å². The van der Waals surface area contributed by atoms with Crippen LogP contribution < -0.4 is 6.64 Å². The van der Waals surface area contributed by atoms with Gasteiger partial charge in [-0.1, -0.05) is 0 Å². The van der Waals surface area contributed by atoms with Gasteiger partial charge in [-0.2, -0.15) is 0 Å². The first-order valence-corrected chi connectivity index (χ1v) is 8.52. The summed E-state index contributed by atoms with van der Waals surface area (Å²) in [7, 11) is 0. The van der Waals surface area contributed by atoms with Crippen LogP contribution in [0.4, 0.5) is 0 Å². The zero-order chi connectivity index (χ0) is 13.6. The average Bonchev–Trinajstić information content (AvgIpc) is 2.48. The predicted octanol–water partition coefficient (Wildman–Crippen LogP) is 4.30. The zero-order valence-electron chi connectivity index (χ0n) is 9.66. The molecule has 0 aliphatic heterocycles. The minimum absolute atomic E-state index is 0.500. The second kappa shape index (κ2) is 7.15. The minimum atomic E-state index is -4.26. The normalized spacial score (nSPS) is 11.1. The number of benzene rings is 2. The van der Waals surface area contributed by atoms with E-state index in [9.17, 15) is 0 Å². The molecule has 0 amide bonds. The van der Waals surface area contributed by atoms with Crippen LogP contribution in [0.1, 0.15) is 0 Å². The van der Waals surface area contributed by atoms with Crippen molar-refractivity contribution in [3.05, 3.63) is 60.7 Å². The molecule has 0 fully saturated rings. The van der Waals surface area contributed by atoms with Gasteiger partial charge in [-0.05, 0) is 0 Å². The van der Waals surface area contributed by atoms with E-state index in [-0.39, 0.29) is 0 Å². The number of para-hydroxylation sites is 2. The molecule has 0 atom stereocenters. The first kappa shape index (κ1) is 14.7. The van der Waals surface area contributed by atoms with Crippen molar-refractivity contribution in [3.8, 4) is 11.5 Å². The number of hydrogen-bond donors (Lipinski definition) is 0. The van der Waals surface area contributed by atoms with Gasteiger partial charge in [-0.3, -0.25) is 0 Å². The molecule has 0 saturated heterocycles. The van der Waals surface area contributed by atoms with Crippen LogP contribution in [0.15, 0.2) is 60.7 Å². The van der Waals surface area contributed by atoms with E-state index in [1.807, 2.05) is 12.1 Å². The second-order valence-electron chi connectivity index (χ2n) is 3.48. The molecule has 2 aromatic rings. The molecule has 19 heavy (non-hydrogen) atoms. The monoisotopic (exact) mass is 336 g/mol. The summed E-state index contributed by atoms with van der Waals surface area (Å²) in [6, 6.07) is 17.8. The van der Waals surface area contributed by atoms with E-state index in [4.69, 9.17) is 36.1 Å². The maximum atomic E-state index is 5.56. The Kier molecular flexibility index (Phi) is 5.51. The van der Waals surface area contributed by atoms with E-state index in [0.29, 0.717) is 11.5 Å². The van der Waals surface area contributed by atoms with Crippen molar-refractivity contribution in [2.24, 2.45) is 0 Å². The number of rotatable bonds is 6. The third-order valence-electron chi connectivity index (χ3n) is 2.16. The third-order valence-corrected chi connectivity index (χ3v) is 5.83. The van der Waals surface area contributed by atoms with Crippen molar-refractivity contribution in [1.82, 2.24) is 0 Å². The van der Waals surface area contributed by atoms with Crippen molar-refractivity contribution >= 4 is 23.7 Å². The summed E-state index contributed by atoms with van der Waals surface area (Å²) in [5.41, 5.74) is 0. The topological polar surface area (TPSA) is 36.9 Å². The Labute approximate surface area is 126 Å². The molecule has 0 heterocycles. The maximum absolute atomic E-state index is 5.56. The molecule has 0 aliphatic carbocycles. The predicted molar refractivity (Wildman–Crippen MR) is 68.0 cm³/mol. The number of halogens is 2. The molecule has 7 heteroatoms. The van der Waals surface area contributed by atoms with Gasteiger partial charge < -0.3 is 0 Å². The molecule has 0 aliphatic rings. The molecule has 2 aromatic carbocycles. The van der Waals surface area contributed by atoms with Gasteiger partial charge >= 0.3 is 126 Å². The van der Waals surface area contributed by atoms with Gasteiger partial charge in [0.05, 0.1) is 0 Å². The van der Waals surface area contributed by atoms with E-state index in [0.717, 1.165) is 0 Å². The number of hydrogen-bond acceptors (Lipinski definition) is 4. The Hall–Kier alpha value is -0.746. The van der Waals surface area contributed by atoms with Crippen molar-refractivity contribution in [2.75, 3.05) is 0 Å². The van der Waals surface area contributed by atoms with Crippen LogP contribution in [0.3, 0.4) is 0 Å². The van der Waals surface area contributed by atoms with Crippen LogP contribution in [-0.2, 0) is 23.9 Å². The van der Waals surface area contributed by atoms with Crippen LogP contribution in [0.5, 0.6) is 11.5 Å². The van der Waals surface area contributed by atoms with Gasteiger partial charge in [0, 0.05) is 0 Å². The van der Waals surface area contributed by atoms with Gasteiger partial charge in [0.15, 0.2) is 0 Å². The Morgan fingerprint density at radius 2 is 1.00 bits per heavy atom. The van der Waals surface area contributed by atoms with E-state index in [1.54, 1.807) is 48.5 Å². The Morgan fingerprint density at radius 1 is 0.632 bits per heavy atom. The summed E-state index contributed by atoms with van der Waals surface area (Å²) < 4.78 is 20.6. The van der Waals surface area contributed by atoms with Crippen LogP contribution in [0.25, 0.3) is 0 Å². The summed E-state index contributed by atoms with van der Waals surface area (Å²) in [5, 5.41) is 0. The van der Waals surface area contributed by atoms with Gasteiger partial charge in [0.1, 0.15) is 0 Å². The molecule has 0 saturated carbocycles. The molecule has 4 nitrogen and oxygen atoms in total. The molecule has 0 unspecified atom stereocenters. The summed E-state index contributed by atoms with van der Waals surface area (Å²) in [6.45, 7) is 0. The van der Waals surface area contributed by atoms with Gasteiger partial charge in [0.25, 0.3) is 0 Å². The Bertz CT molecular complexity index is 450. The van der Waals surface area contributed by atoms with E-state index in [2.05, 4.69) is 0 Å². The molecule has 0 aromatic heterocycles. The molecular formula is C12H10Cl2O4Ti. The van der Waals surface area contributed by atoms with Crippen LogP contribution in [-0.4, -0.2) is 0 Å². The average molecular weight is 337 g/mol. The van der Waals surface area contributed by atoms with Crippen LogP contribution in [0, 0.1) is 0 Å². The van der Waals surface area contributed by atoms with Crippen LogP contribution in [0.2, 0.25) is 0 Å². The van der Waals surface area contributed by atoms with Gasteiger partial charge in [-0.25, -0.2) is 0 Å². The van der Waals surface area contributed by atoms with Crippen molar-refractivity contribution in [1.29, 1.82) is 0 Å². The fourth-order valence-electron chi connectivity index (χ4n) is 1.36. The molecule has 0 bridgehead atoms. The van der Waals surface area contributed by atoms with Crippen LogP contribution >= 0.6 is 23.7 Å². The summed E-state index contributed by atoms with van der Waals surface area (Å²) in [6.07, 6.45) is 0. The first-order valence-electron chi connectivity index (χ1n) is 5.35. The second-order valence-corrected chi connectivity index (χ2v) is 7.44. The quantitative estimate of drug-likeness (QED) is 0.737. The van der Waals surface area contributed by atoms with E-state index < -0.39 is 18.1 Å². The van der Waals surface area contributed by atoms with Crippen molar-refractivity contribution in [2.45, 2.75) is 0 Å². The molecule has 100 valence electrons. The van der Waals surface area contributed by atoms with Gasteiger partial charge in [0.2, 0.25) is 0 Å². The zero-order valence-corrected chi connectivity index (χ0v) is 12.7. The Morgan fingerprint density at radius 3 is 1.32 bits per heavy atom. The molecular weight excluding hydrogens is 327 g/mol. The fraction of sp³-hybridized carbons (Fsp3) is 0. The summed E-state index contributed by atoms with van der Waals surface area (Å²) in [5.74, 6) is 1.000. The summed E-state index contributed by atoms with van der Waals surface area (Å²) in [4.78, 5) is 0. The molecule has 0 N–H and O–H groups in total. The summed E-state index contributed by atoms with van der Waals surface area (Å²) >= 11 is 6.64. The SMILES string of the molecule is Cl[O][Ti]([O]Cl)([O]c1ccccc1)[O]c1ccccc1. The third kappa shape index (κ3) is 4.11. The standard InChI is InChI=1S/2C6H6O.2ClO.Ti/c2*7-6-4-2-1-3-5-6;2*1-2;/h2*1-5,7H;;;/q;;2*-1;+4/p-2. The molecule has 0 radical (unpaired) electrons. The molecule has 0 spiro atoms. The van der Waals surface area contributed by atoms with Crippen molar-refractivity contribution < 1.29 is 30.5 Å². The molecule has 2 rings (SSSR count). The van der Waals surface area contributed by atoms with E-state index in [1.165, 1.54) is 0 Å². The fourth-order valence-corrected chi connectivity index (χ4v) is 3.90. The van der Waals surface area contributed by atoms with E-state index >= 15 is 0 Å². The first-order chi connectivity index (χ1) is 9.28. The van der Waals surface area contributed by atoms with Gasteiger partial charge in [-0.15, -0.1) is 0 Å². The Balaban J connectivity index is 2.18.